The molecule has 4 rings (SSSR count). The predicted octanol–water partition coefficient (Wildman–Crippen LogP) is 5.17. The lowest BCUT2D eigenvalue weighted by Gasteiger charge is -2.63. The van der Waals surface area contributed by atoms with Crippen LogP contribution in [0.15, 0.2) is 0 Å². The van der Waals surface area contributed by atoms with E-state index in [0.29, 0.717) is 23.0 Å². The second kappa shape index (κ2) is 5.82. The Hall–Kier alpha value is -0.860. The van der Waals surface area contributed by atoms with Crippen LogP contribution in [0.1, 0.15) is 86.0 Å². The smallest absolute Gasteiger partial charge is 0.302 e. The first-order valence-corrected chi connectivity index (χ1v) is 10.8. The molecule has 4 fully saturated rings. The van der Waals surface area contributed by atoms with E-state index in [1.54, 1.807) is 6.92 Å². The number of rotatable bonds is 1. The van der Waals surface area contributed by atoms with Gasteiger partial charge in [0.25, 0.3) is 0 Å². The maximum atomic E-state index is 12.6. The van der Waals surface area contributed by atoms with Gasteiger partial charge in [0.1, 0.15) is 11.9 Å². The maximum Gasteiger partial charge on any atom is 0.302 e. The van der Waals surface area contributed by atoms with Gasteiger partial charge in [-0.25, -0.2) is 0 Å². The lowest BCUT2D eigenvalue weighted by atomic mass is 9.41. The summed E-state index contributed by atoms with van der Waals surface area (Å²) in [5.41, 5.74) is 0.311. The molecule has 7 unspecified atom stereocenters. The van der Waals surface area contributed by atoms with E-state index < -0.39 is 0 Å². The van der Waals surface area contributed by atoms with Crippen molar-refractivity contribution in [2.45, 2.75) is 92.1 Å². The fourth-order valence-corrected chi connectivity index (χ4v) is 8.25. The summed E-state index contributed by atoms with van der Waals surface area (Å²) in [6.07, 6.45) is 9.07. The normalized spacial score (nSPS) is 49.7. The number of Topliss-reactive ketones (excluding diaryl/α,β-unsaturated/α-hetero) is 1. The Morgan fingerprint density at radius 2 is 1.62 bits per heavy atom. The van der Waals surface area contributed by atoms with Crippen molar-refractivity contribution >= 4 is 11.8 Å². The average Bonchev–Trinajstić information content (AvgIpc) is 2.88. The molecular weight excluding hydrogens is 324 g/mol. The van der Waals surface area contributed by atoms with Crippen molar-refractivity contribution in [3.8, 4) is 0 Å². The van der Waals surface area contributed by atoms with Crippen molar-refractivity contribution in [1.82, 2.24) is 0 Å². The molecule has 4 aliphatic rings. The van der Waals surface area contributed by atoms with Crippen LogP contribution < -0.4 is 0 Å². The lowest BCUT2D eigenvalue weighted by Crippen LogP contribution is -2.58. The number of fused-ring (bicyclic) bond motifs is 5. The van der Waals surface area contributed by atoms with Crippen molar-refractivity contribution in [2.24, 2.45) is 39.9 Å². The quantitative estimate of drug-likeness (QED) is 0.606. The van der Waals surface area contributed by atoms with E-state index in [4.69, 9.17) is 4.74 Å². The third kappa shape index (κ3) is 2.37. The van der Waals surface area contributed by atoms with E-state index >= 15 is 0 Å². The third-order valence-electron chi connectivity index (χ3n) is 9.57. The molecule has 0 N–H and O–H groups in total. The summed E-state index contributed by atoms with van der Waals surface area (Å²) in [6.45, 7) is 10.9. The van der Waals surface area contributed by atoms with Crippen LogP contribution in [0.4, 0.5) is 0 Å². The minimum atomic E-state index is -0.158. The molecule has 146 valence electrons. The zero-order chi connectivity index (χ0) is 18.9. The van der Waals surface area contributed by atoms with E-state index in [1.165, 1.54) is 32.1 Å². The second-order valence-corrected chi connectivity index (χ2v) is 10.9. The fraction of sp³-hybridized carbons (Fsp3) is 0.913. The molecule has 4 aliphatic carbocycles. The van der Waals surface area contributed by atoms with Gasteiger partial charge in [-0.15, -0.1) is 0 Å². The Morgan fingerprint density at radius 1 is 0.923 bits per heavy atom. The van der Waals surface area contributed by atoms with Crippen LogP contribution in [0, 0.1) is 39.9 Å². The molecule has 0 radical (unpaired) electrons. The number of hydrogen-bond donors (Lipinski definition) is 0. The molecule has 3 nitrogen and oxygen atoms in total. The summed E-state index contributed by atoms with van der Waals surface area (Å²) < 4.78 is 5.76. The van der Waals surface area contributed by atoms with Gasteiger partial charge >= 0.3 is 5.97 Å². The summed E-state index contributed by atoms with van der Waals surface area (Å²) in [4.78, 5) is 24.2. The van der Waals surface area contributed by atoms with Crippen LogP contribution >= 0.6 is 0 Å². The minimum absolute atomic E-state index is 0.112. The van der Waals surface area contributed by atoms with Crippen LogP contribution in [0.25, 0.3) is 0 Å². The standard InChI is InChI=1S/C23H36O3/c1-14(24)26-20-9-7-16-15-6-8-18-21(2,3)19(25)11-13-22(18,4)17(15)10-12-23(16,20)5/h15-18,20H,6-13H2,1-5H3. The zero-order valence-electron chi connectivity index (χ0n) is 17.3. The number of esters is 1. The molecule has 0 heterocycles. The molecular formula is C23H36O3. The van der Waals surface area contributed by atoms with Gasteiger partial charge < -0.3 is 4.74 Å². The number of hydrogen-bond acceptors (Lipinski definition) is 3. The van der Waals surface area contributed by atoms with Gasteiger partial charge in [0.15, 0.2) is 0 Å². The van der Waals surface area contributed by atoms with Crippen molar-refractivity contribution < 1.29 is 14.3 Å². The summed E-state index contributed by atoms with van der Waals surface area (Å²) in [7, 11) is 0. The zero-order valence-corrected chi connectivity index (χ0v) is 17.3. The first-order chi connectivity index (χ1) is 12.1. The molecule has 0 bridgehead atoms. The minimum Gasteiger partial charge on any atom is -0.462 e. The molecule has 4 saturated carbocycles. The number of carbonyl (C=O) groups excluding carboxylic acids is 2. The molecule has 0 aromatic carbocycles. The monoisotopic (exact) mass is 360 g/mol. The van der Waals surface area contributed by atoms with Crippen molar-refractivity contribution in [3.63, 3.8) is 0 Å². The highest BCUT2D eigenvalue weighted by Crippen LogP contribution is 2.68. The van der Waals surface area contributed by atoms with Crippen LogP contribution in [-0.2, 0) is 14.3 Å². The van der Waals surface area contributed by atoms with Crippen molar-refractivity contribution in [2.75, 3.05) is 0 Å². The highest BCUT2D eigenvalue weighted by Gasteiger charge is 2.63. The van der Waals surface area contributed by atoms with Gasteiger partial charge in [0.2, 0.25) is 0 Å². The molecule has 0 saturated heterocycles. The van der Waals surface area contributed by atoms with Gasteiger partial charge in [-0.2, -0.15) is 0 Å². The molecule has 0 aromatic heterocycles. The Kier molecular flexibility index (Phi) is 4.14. The third-order valence-corrected chi connectivity index (χ3v) is 9.57. The Balaban J connectivity index is 1.62. The van der Waals surface area contributed by atoms with E-state index in [0.717, 1.165) is 31.1 Å². The summed E-state index contributed by atoms with van der Waals surface area (Å²) >= 11 is 0. The van der Waals surface area contributed by atoms with Crippen LogP contribution in [0.2, 0.25) is 0 Å². The molecule has 0 aromatic rings. The first kappa shape index (κ1) is 18.5. The van der Waals surface area contributed by atoms with E-state index in [2.05, 4.69) is 27.7 Å². The topological polar surface area (TPSA) is 43.4 Å². The van der Waals surface area contributed by atoms with Gasteiger partial charge in [0.05, 0.1) is 0 Å². The Labute approximate surface area is 158 Å². The molecule has 7 atom stereocenters. The molecule has 3 heteroatoms. The second-order valence-electron chi connectivity index (χ2n) is 10.9. The lowest BCUT2D eigenvalue weighted by molar-refractivity contribution is -0.172. The highest BCUT2D eigenvalue weighted by atomic mass is 16.5. The highest BCUT2D eigenvalue weighted by molar-refractivity contribution is 5.85. The maximum absolute atomic E-state index is 12.6. The van der Waals surface area contributed by atoms with Crippen molar-refractivity contribution in [3.05, 3.63) is 0 Å². The van der Waals surface area contributed by atoms with Crippen LogP contribution in [0.5, 0.6) is 0 Å². The van der Waals surface area contributed by atoms with E-state index in [-0.39, 0.29) is 22.9 Å². The van der Waals surface area contributed by atoms with E-state index in [9.17, 15) is 9.59 Å². The Morgan fingerprint density at radius 3 is 2.31 bits per heavy atom. The summed E-state index contributed by atoms with van der Waals surface area (Å²) in [5.74, 6) is 3.07. The van der Waals surface area contributed by atoms with Gasteiger partial charge in [-0.05, 0) is 74.0 Å². The van der Waals surface area contributed by atoms with Crippen LogP contribution in [0.3, 0.4) is 0 Å². The van der Waals surface area contributed by atoms with E-state index in [1.807, 2.05) is 0 Å². The number of ketones is 1. The molecule has 26 heavy (non-hydrogen) atoms. The molecule has 0 spiro atoms. The fourth-order valence-electron chi connectivity index (χ4n) is 8.25. The number of ether oxygens (including phenoxy) is 1. The Bertz CT molecular complexity index is 623. The first-order valence-electron chi connectivity index (χ1n) is 10.8. The average molecular weight is 361 g/mol. The summed E-state index contributed by atoms with van der Waals surface area (Å²) in [6, 6.07) is 0. The SMILES string of the molecule is CC(=O)OC1CCC2C3CCC4C(C)(C)C(=O)CCC4(C)C3CCC12C. The van der Waals surface area contributed by atoms with Crippen molar-refractivity contribution in [1.29, 1.82) is 0 Å². The van der Waals surface area contributed by atoms with Gasteiger partial charge in [-0.3, -0.25) is 9.59 Å². The summed E-state index contributed by atoms with van der Waals surface area (Å²) in [5, 5.41) is 0. The van der Waals surface area contributed by atoms with Crippen LogP contribution in [-0.4, -0.2) is 17.9 Å². The van der Waals surface area contributed by atoms with Gasteiger partial charge in [0, 0.05) is 24.2 Å². The molecule has 0 amide bonds. The molecule has 0 aliphatic heterocycles. The van der Waals surface area contributed by atoms with Gasteiger partial charge in [-0.1, -0.05) is 27.7 Å². The predicted molar refractivity (Wildman–Crippen MR) is 101 cm³/mol. The largest absolute Gasteiger partial charge is 0.462 e. The number of carbonyl (C=O) groups is 2.